The molecule has 5 nitrogen and oxygen atoms in total. The van der Waals surface area contributed by atoms with Crippen molar-refractivity contribution in [1.82, 2.24) is 15.3 Å². The smallest absolute Gasteiger partial charge is 0.271 e. The average Bonchev–Trinajstić information content (AvgIpc) is 2.86. The third-order valence-electron chi connectivity index (χ3n) is 3.18. The maximum atomic E-state index is 12.0. The summed E-state index contributed by atoms with van der Waals surface area (Å²) in [5, 5.41) is 6.57. The molecule has 0 aromatic carbocycles. The van der Waals surface area contributed by atoms with E-state index in [1.165, 1.54) is 12.6 Å². The van der Waals surface area contributed by atoms with Crippen LogP contribution in [0.5, 0.6) is 0 Å². The maximum Gasteiger partial charge on any atom is 0.271 e. The van der Waals surface area contributed by atoms with E-state index in [1.54, 1.807) is 13.2 Å². The van der Waals surface area contributed by atoms with Crippen LogP contribution < -0.4 is 10.6 Å². The van der Waals surface area contributed by atoms with Crippen LogP contribution in [0.4, 0.5) is 5.82 Å². The molecule has 1 amide bonds. The van der Waals surface area contributed by atoms with Crippen LogP contribution >= 0.6 is 11.8 Å². The van der Waals surface area contributed by atoms with E-state index in [-0.39, 0.29) is 11.9 Å². The number of amides is 1. The van der Waals surface area contributed by atoms with E-state index in [0.29, 0.717) is 16.8 Å². The molecule has 1 aliphatic carbocycles. The summed E-state index contributed by atoms with van der Waals surface area (Å²) in [7, 11) is 1.76. The maximum absolute atomic E-state index is 12.0. The average molecular weight is 266 g/mol. The minimum Gasteiger partial charge on any atom is -0.372 e. The first-order chi connectivity index (χ1) is 8.72. The van der Waals surface area contributed by atoms with Gasteiger partial charge in [0.1, 0.15) is 11.5 Å². The van der Waals surface area contributed by atoms with Gasteiger partial charge in [-0.05, 0) is 25.5 Å². The molecule has 1 fully saturated rings. The van der Waals surface area contributed by atoms with Crippen molar-refractivity contribution in [2.75, 3.05) is 18.6 Å². The highest BCUT2D eigenvalue weighted by molar-refractivity contribution is 7.99. The van der Waals surface area contributed by atoms with Crippen molar-refractivity contribution in [3.8, 4) is 0 Å². The third-order valence-corrected chi connectivity index (χ3v) is 4.27. The fourth-order valence-corrected chi connectivity index (χ4v) is 2.94. The van der Waals surface area contributed by atoms with Gasteiger partial charge in [0.2, 0.25) is 0 Å². The number of thioether (sulfide) groups is 1. The highest BCUT2D eigenvalue weighted by Crippen LogP contribution is 2.28. The van der Waals surface area contributed by atoms with Crippen molar-refractivity contribution in [3.63, 3.8) is 0 Å². The third kappa shape index (κ3) is 3.13. The molecule has 2 rings (SSSR count). The summed E-state index contributed by atoms with van der Waals surface area (Å²) in [5.74, 6) is 0.474. The normalized spacial score (nSPS) is 22.8. The SMILES string of the molecule is CNc1cncc(C(=O)NC2CCC(SC)C2)n1. The zero-order valence-corrected chi connectivity index (χ0v) is 11.5. The van der Waals surface area contributed by atoms with Crippen molar-refractivity contribution >= 4 is 23.5 Å². The quantitative estimate of drug-likeness (QED) is 0.865. The van der Waals surface area contributed by atoms with Crippen LogP contribution in [-0.2, 0) is 0 Å². The van der Waals surface area contributed by atoms with Crippen molar-refractivity contribution < 1.29 is 4.79 Å². The van der Waals surface area contributed by atoms with E-state index in [2.05, 4.69) is 26.9 Å². The number of rotatable bonds is 4. The Bertz CT molecular complexity index is 426. The molecule has 1 aromatic heterocycles. The molecule has 2 unspecified atom stereocenters. The van der Waals surface area contributed by atoms with Gasteiger partial charge in [-0.1, -0.05) is 0 Å². The van der Waals surface area contributed by atoms with Gasteiger partial charge in [-0.15, -0.1) is 0 Å². The number of carbonyl (C=O) groups excluding carboxylic acids is 1. The van der Waals surface area contributed by atoms with E-state index >= 15 is 0 Å². The van der Waals surface area contributed by atoms with E-state index in [0.717, 1.165) is 12.8 Å². The minimum absolute atomic E-state index is 0.133. The summed E-state index contributed by atoms with van der Waals surface area (Å²) in [5.41, 5.74) is 0.370. The van der Waals surface area contributed by atoms with Crippen molar-refractivity contribution in [2.24, 2.45) is 0 Å². The minimum atomic E-state index is -0.133. The van der Waals surface area contributed by atoms with Crippen LogP contribution in [0.25, 0.3) is 0 Å². The molecule has 0 spiro atoms. The predicted octanol–water partition coefficient (Wildman–Crippen LogP) is 1.53. The lowest BCUT2D eigenvalue weighted by Crippen LogP contribution is -2.33. The second-order valence-electron chi connectivity index (χ2n) is 4.38. The fraction of sp³-hybridized carbons (Fsp3) is 0.583. The first-order valence-corrected chi connectivity index (χ1v) is 7.35. The van der Waals surface area contributed by atoms with Crippen LogP contribution in [0.1, 0.15) is 29.8 Å². The highest BCUT2D eigenvalue weighted by atomic mass is 32.2. The second kappa shape index (κ2) is 6.04. The van der Waals surface area contributed by atoms with Crippen LogP contribution in [0, 0.1) is 0 Å². The van der Waals surface area contributed by atoms with E-state index in [1.807, 2.05) is 11.8 Å². The Morgan fingerprint density at radius 3 is 2.94 bits per heavy atom. The van der Waals surface area contributed by atoms with Gasteiger partial charge in [0.25, 0.3) is 5.91 Å². The Morgan fingerprint density at radius 1 is 1.44 bits per heavy atom. The molecule has 1 aromatic rings. The molecular formula is C12H18N4OS. The molecule has 6 heteroatoms. The topological polar surface area (TPSA) is 66.9 Å². The van der Waals surface area contributed by atoms with Crippen molar-refractivity contribution in [2.45, 2.75) is 30.6 Å². The lowest BCUT2D eigenvalue weighted by Gasteiger charge is -2.12. The Hall–Kier alpha value is -1.30. The Balaban J connectivity index is 1.95. The Kier molecular flexibility index (Phi) is 4.41. The Morgan fingerprint density at radius 2 is 2.28 bits per heavy atom. The van der Waals surface area contributed by atoms with Gasteiger partial charge in [0.15, 0.2) is 0 Å². The first-order valence-electron chi connectivity index (χ1n) is 6.06. The zero-order valence-electron chi connectivity index (χ0n) is 10.6. The van der Waals surface area contributed by atoms with Gasteiger partial charge in [-0.25, -0.2) is 4.98 Å². The number of aromatic nitrogens is 2. The zero-order chi connectivity index (χ0) is 13.0. The largest absolute Gasteiger partial charge is 0.372 e. The molecule has 18 heavy (non-hydrogen) atoms. The lowest BCUT2D eigenvalue weighted by atomic mass is 10.2. The van der Waals surface area contributed by atoms with E-state index in [4.69, 9.17) is 0 Å². The van der Waals surface area contributed by atoms with Crippen molar-refractivity contribution in [3.05, 3.63) is 18.1 Å². The highest BCUT2D eigenvalue weighted by Gasteiger charge is 2.25. The molecule has 0 saturated heterocycles. The van der Waals surface area contributed by atoms with E-state index in [9.17, 15) is 4.79 Å². The standard InChI is InChI=1S/C12H18N4OS/c1-13-11-7-14-6-10(16-11)12(17)15-8-3-4-9(5-8)18-2/h6-9H,3-5H2,1-2H3,(H,13,16)(H,15,17). The predicted molar refractivity (Wildman–Crippen MR) is 74.0 cm³/mol. The van der Waals surface area contributed by atoms with Crippen LogP contribution in [-0.4, -0.2) is 40.5 Å². The number of nitrogens with one attached hydrogen (secondary N) is 2. The molecule has 98 valence electrons. The fourth-order valence-electron chi connectivity index (χ4n) is 2.14. The van der Waals surface area contributed by atoms with Crippen LogP contribution in [0.3, 0.4) is 0 Å². The van der Waals surface area contributed by atoms with Gasteiger partial charge >= 0.3 is 0 Å². The lowest BCUT2D eigenvalue weighted by molar-refractivity contribution is 0.0932. The number of hydrogen-bond donors (Lipinski definition) is 2. The van der Waals surface area contributed by atoms with Gasteiger partial charge in [-0.2, -0.15) is 11.8 Å². The molecule has 0 aliphatic heterocycles. The van der Waals surface area contributed by atoms with E-state index < -0.39 is 0 Å². The molecule has 1 heterocycles. The van der Waals surface area contributed by atoms with Crippen molar-refractivity contribution in [1.29, 1.82) is 0 Å². The monoisotopic (exact) mass is 266 g/mol. The molecule has 0 radical (unpaired) electrons. The molecule has 2 N–H and O–H groups in total. The summed E-state index contributed by atoms with van der Waals surface area (Å²) in [6.45, 7) is 0. The summed E-state index contributed by atoms with van der Waals surface area (Å²) in [6, 6.07) is 0.273. The second-order valence-corrected chi connectivity index (χ2v) is 5.52. The van der Waals surface area contributed by atoms with Crippen LogP contribution in [0.2, 0.25) is 0 Å². The molecule has 0 bridgehead atoms. The van der Waals surface area contributed by atoms with Gasteiger partial charge in [0, 0.05) is 18.3 Å². The number of carbonyl (C=O) groups is 1. The Labute approximate surface area is 111 Å². The number of anilines is 1. The van der Waals surface area contributed by atoms with Gasteiger partial charge in [0.05, 0.1) is 12.4 Å². The molecule has 1 aliphatic rings. The first kappa shape index (κ1) is 13.1. The number of hydrogen-bond acceptors (Lipinski definition) is 5. The number of nitrogens with zero attached hydrogens (tertiary/aromatic N) is 2. The van der Waals surface area contributed by atoms with Crippen LogP contribution in [0.15, 0.2) is 12.4 Å². The summed E-state index contributed by atoms with van der Waals surface area (Å²) >= 11 is 1.88. The molecular weight excluding hydrogens is 248 g/mol. The molecule has 1 saturated carbocycles. The summed E-state index contributed by atoms with van der Waals surface area (Å²) in [6.07, 6.45) is 8.49. The summed E-state index contributed by atoms with van der Waals surface area (Å²) < 4.78 is 0. The summed E-state index contributed by atoms with van der Waals surface area (Å²) in [4.78, 5) is 20.2. The molecule has 2 atom stereocenters. The van der Waals surface area contributed by atoms with Gasteiger partial charge < -0.3 is 10.6 Å². The van der Waals surface area contributed by atoms with Gasteiger partial charge in [-0.3, -0.25) is 9.78 Å².